The van der Waals surface area contributed by atoms with E-state index >= 15 is 0 Å². The van der Waals surface area contributed by atoms with E-state index in [-0.39, 0.29) is 29.6 Å². The number of hydrogen-bond acceptors (Lipinski definition) is 2. The highest BCUT2D eigenvalue weighted by Gasteiger charge is 2.42. The van der Waals surface area contributed by atoms with Gasteiger partial charge in [0.25, 0.3) is 5.91 Å². The molecular weight excluding hydrogens is 420 g/mol. The Morgan fingerprint density at radius 1 is 1.24 bits per heavy atom. The fourth-order valence-corrected chi connectivity index (χ4v) is 2.85. The van der Waals surface area contributed by atoms with Gasteiger partial charge < -0.3 is 9.64 Å². The van der Waals surface area contributed by atoms with E-state index in [9.17, 15) is 31.1 Å². The van der Waals surface area contributed by atoms with Gasteiger partial charge in [-0.3, -0.25) is 4.79 Å². The molecule has 140 valence electrons. The molecule has 0 aromatic heterocycles. The van der Waals surface area contributed by atoms with Crippen molar-refractivity contribution in [1.82, 2.24) is 4.90 Å². The lowest BCUT2D eigenvalue weighted by Gasteiger charge is -2.33. The molecule has 1 aromatic rings. The van der Waals surface area contributed by atoms with Crippen LogP contribution in [0.5, 0.6) is 5.75 Å². The van der Waals surface area contributed by atoms with Gasteiger partial charge in [-0.15, -0.1) is 0 Å². The van der Waals surface area contributed by atoms with Gasteiger partial charge in [-0.25, -0.2) is 0 Å². The Bertz CT molecular complexity index is 631. The summed E-state index contributed by atoms with van der Waals surface area (Å²) in [6, 6.07) is 2.70. The van der Waals surface area contributed by atoms with Crippen LogP contribution in [-0.4, -0.2) is 36.7 Å². The smallest absolute Gasteiger partial charge is 0.416 e. The van der Waals surface area contributed by atoms with Gasteiger partial charge in [-0.2, -0.15) is 26.3 Å². The first kappa shape index (κ1) is 19.9. The third kappa shape index (κ3) is 5.26. The molecule has 0 bridgehead atoms. The molecule has 10 heteroatoms. The number of ether oxygens (including phenoxy) is 1. The van der Waals surface area contributed by atoms with Gasteiger partial charge >= 0.3 is 12.4 Å². The average Bonchev–Trinajstić information content (AvgIpc) is 2.52. The summed E-state index contributed by atoms with van der Waals surface area (Å²) in [6.45, 7) is -0.932. The van der Waals surface area contributed by atoms with Crippen LogP contribution in [0.3, 0.4) is 0 Å². The van der Waals surface area contributed by atoms with Crippen LogP contribution in [0.1, 0.15) is 18.4 Å². The SMILES string of the molecule is O=C(COc1cc(C(F)(F)F)ccc1Br)N1CCCC(C(F)(F)F)C1. The van der Waals surface area contributed by atoms with E-state index in [0.29, 0.717) is 0 Å². The van der Waals surface area contributed by atoms with Gasteiger partial charge in [-0.1, -0.05) is 0 Å². The summed E-state index contributed by atoms with van der Waals surface area (Å²) in [6.07, 6.45) is -8.80. The largest absolute Gasteiger partial charge is 0.483 e. The lowest BCUT2D eigenvalue weighted by Crippen LogP contribution is -2.46. The van der Waals surface area contributed by atoms with Crippen molar-refractivity contribution in [1.29, 1.82) is 0 Å². The van der Waals surface area contributed by atoms with Crippen molar-refractivity contribution >= 4 is 21.8 Å². The number of carbonyl (C=O) groups excluding carboxylic acids is 1. The maximum absolute atomic E-state index is 12.8. The van der Waals surface area contributed by atoms with Crippen molar-refractivity contribution in [3.8, 4) is 5.75 Å². The van der Waals surface area contributed by atoms with E-state index in [0.717, 1.165) is 23.1 Å². The molecule has 0 aliphatic carbocycles. The standard InChI is InChI=1S/C15H14BrF6NO2/c16-11-4-3-9(14(17,18)19)6-12(11)25-8-13(24)23-5-1-2-10(7-23)15(20,21)22/h3-4,6,10H,1-2,5,7-8H2. The minimum atomic E-state index is -4.57. The molecule has 1 aromatic carbocycles. The zero-order valence-electron chi connectivity index (χ0n) is 12.8. The van der Waals surface area contributed by atoms with Crippen molar-refractivity contribution in [3.05, 3.63) is 28.2 Å². The highest BCUT2D eigenvalue weighted by Crippen LogP contribution is 2.35. The molecule has 25 heavy (non-hydrogen) atoms. The fourth-order valence-electron chi connectivity index (χ4n) is 2.49. The number of alkyl halides is 6. The van der Waals surface area contributed by atoms with E-state index < -0.39 is 42.9 Å². The Morgan fingerprint density at radius 3 is 2.52 bits per heavy atom. The van der Waals surface area contributed by atoms with E-state index in [1.54, 1.807) is 0 Å². The van der Waals surface area contributed by atoms with Crippen molar-refractivity contribution < 1.29 is 35.9 Å². The molecule has 1 aliphatic rings. The summed E-state index contributed by atoms with van der Waals surface area (Å²) in [5, 5.41) is 0. The summed E-state index contributed by atoms with van der Waals surface area (Å²) < 4.78 is 81.6. The molecule has 1 amide bonds. The molecule has 3 nitrogen and oxygen atoms in total. The molecule has 1 aliphatic heterocycles. The van der Waals surface area contributed by atoms with Crippen LogP contribution >= 0.6 is 15.9 Å². The second kappa shape index (κ2) is 7.43. The lowest BCUT2D eigenvalue weighted by atomic mass is 9.97. The summed E-state index contributed by atoms with van der Waals surface area (Å²) in [4.78, 5) is 13.1. The average molecular weight is 434 g/mol. The summed E-state index contributed by atoms with van der Waals surface area (Å²) in [5.74, 6) is -2.49. The Balaban J connectivity index is 2.00. The second-order valence-corrected chi connectivity index (χ2v) is 6.51. The first-order valence-electron chi connectivity index (χ1n) is 7.32. The van der Waals surface area contributed by atoms with Crippen LogP contribution in [0.15, 0.2) is 22.7 Å². The number of benzene rings is 1. The number of amides is 1. The van der Waals surface area contributed by atoms with E-state index in [2.05, 4.69) is 15.9 Å². The molecule has 1 saturated heterocycles. The predicted molar refractivity (Wildman–Crippen MR) is 80.0 cm³/mol. The van der Waals surface area contributed by atoms with Crippen molar-refractivity contribution in [3.63, 3.8) is 0 Å². The monoisotopic (exact) mass is 433 g/mol. The highest BCUT2D eigenvalue weighted by molar-refractivity contribution is 9.10. The van der Waals surface area contributed by atoms with E-state index in [1.165, 1.54) is 0 Å². The number of halogens is 7. The third-order valence-corrected chi connectivity index (χ3v) is 4.50. The summed E-state index contributed by atoms with van der Waals surface area (Å²) >= 11 is 3.01. The molecular formula is C15H14BrF6NO2. The number of carbonyl (C=O) groups is 1. The predicted octanol–water partition coefficient (Wildman–Crippen LogP) is 4.65. The van der Waals surface area contributed by atoms with Crippen LogP contribution in [0.25, 0.3) is 0 Å². The first-order valence-corrected chi connectivity index (χ1v) is 8.12. The topological polar surface area (TPSA) is 29.5 Å². The zero-order chi connectivity index (χ0) is 18.8. The van der Waals surface area contributed by atoms with Gasteiger partial charge in [0.15, 0.2) is 6.61 Å². The van der Waals surface area contributed by atoms with E-state index in [1.807, 2.05) is 0 Å². The van der Waals surface area contributed by atoms with Gasteiger partial charge in [0.1, 0.15) is 5.75 Å². The lowest BCUT2D eigenvalue weighted by molar-refractivity contribution is -0.188. The second-order valence-electron chi connectivity index (χ2n) is 5.65. The van der Waals surface area contributed by atoms with Crippen LogP contribution in [0.2, 0.25) is 0 Å². The highest BCUT2D eigenvalue weighted by atomic mass is 79.9. The molecule has 0 spiro atoms. The number of rotatable bonds is 3. The molecule has 1 fully saturated rings. The Kier molecular flexibility index (Phi) is 5.90. The first-order chi connectivity index (χ1) is 11.5. The number of nitrogens with zero attached hydrogens (tertiary/aromatic N) is 1. The number of piperidine rings is 1. The van der Waals surface area contributed by atoms with Gasteiger partial charge in [0.05, 0.1) is 16.0 Å². The Morgan fingerprint density at radius 2 is 1.92 bits per heavy atom. The molecule has 1 unspecified atom stereocenters. The molecule has 1 heterocycles. The van der Waals surface area contributed by atoms with E-state index in [4.69, 9.17) is 4.74 Å². The normalized spacial score (nSPS) is 19.0. The van der Waals surface area contributed by atoms with Crippen LogP contribution in [0, 0.1) is 5.92 Å². The number of hydrogen-bond donors (Lipinski definition) is 0. The van der Waals surface area contributed by atoms with Crippen molar-refractivity contribution in [2.45, 2.75) is 25.2 Å². The maximum Gasteiger partial charge on any atom is 0.416 e. The Labute approximate surface area is 148 Å². The van der Waals surface area contributed by atoms with Crippen LogP contribution in [-0.2, 0) is 11.0 Å². The zero-order valence-corrected chi connectivity index (χ0v) is 14.3. The Hall–Kier alpha value is -1.45. The quantitative estimate of drug-likeness (QED) is 0.649. The molecule has 1 atom stereocenters. The van der Waals surface area contributed by atoms with Crippen molar-refractivity contribution in [2.24, 2.45) is 5.92 Å². The molecule has 2 rings (SSSR count). The summed E-state index contributed by atoms with van der Waals surface area (Å²) in [5.41, 5.74) is -0.951. The van der Waals surface area contributed by atoms with Gasteiger partial charge in [0, 0.05) is 13.1 Å². The minimum absolute atomic E-state index is 0.0483. The van der Waals surface area contributed by atoms with Crippen molar-refractivity contribution in [2.75, 3.05) is 19.7 Å². The minimum Gasteiger partial charge on any atom is -0.483 e. The maximum atomic E-state index is 12.8. The molecule has 0 saturated carbocycles. The van der Waals surface area contributed by atoms with Gasteiger partial charge in [-0.05, 0) is 47.0 Å². The van der Waals surface area contributed by atoms with Crippen LogP contribution in [0.4, 0.5) is 26.3 Å². The fraction of sp³-hybridized carbons (Fsp3) is 0.533. The number of likely N-dealkylation sites (tertiary alicyclic amines) is 1. The summed E-state index contributed by atoms with van der Waals surface area (Å²) in [7, 11) is 0. The van der Waals surface area contributed by atoms with Crippen LogP contribution < -0.4 is 4.74 Å². The molecule has 0 N–H and O–H groups in total. The van der Waals surface area contributed by atoms with Gasteiger partial charge in [0.2, 0.25) is 0 Å². The third-order valence-electron chi connectivity index (χ3n) is 3.85. The molecule has 0 radical (unpaired) electrons.